The van der Waals surface area contributed by atoms with Crippen LogP contribution in [-0.2, 0) is 22.5 Å². The first kappa shape index (κ1) is 22.9. The second-order valence-electron chi connectivity index (χ2n) is 7.64. The summed E-state index contributed by atoms with van der Waals surface area (Å²) in [4.78, 5) is 30.6. The Morgan fingerprint density at radius 1 is 1.13 bits per heavy atom. The third-order valence-corrected chi connectivity index (χ3v) is 6.10. The molecule has 0 aliphatic heterocycles. The number of nitrogens with one attached hydrogen (secondary N) is 1. The second kappa shape index (κ2) is 10.0. The zero-order valence-electron chi connectivity index (χ0n) is 18.5. The van der Waals surface area contributed by atoms with Gasteiger partial charge >= 0.3 is 5.97 Å². The van der Waals surface area contributed by atoms with E-state index in [-0.39, 0.29) is 11.5 Å². The first-order valence-corrected chi connectivity index (χ1v) is 11.4. The van der Waals surface area contributed by atoms with Gasteiger partial charge < -0.3 is 10.1 Å². The van der Waals surface area contributed by atoms with Gasteiger partial charge in [0.2, 0.25) is 0 Å². The summed E-state index contributed by atoms with van der Waals surface area (Å²) >= 11 is 1.48. The van der Waals surface area contributed by atoms with E-state index in [1.807, 2.05) is 76.2 Å². The summed E-state index contributed by atoms with van der Waals surface area (Å²) in [6, 6.07) is 15.4. The fourth-order valence-corrected chi connectivity index (χ4v) is 4.31. The van der Waals surface area contributed by atoms with E-state index in [1.165, 1.54) is 11.8 Å². The molecule has 0 unspecified atom stereocenters. The summed E-state index contributed by atoms with van der Waals surface area (Å²) in [7, 11) is 0. The van der Waals surface area contributed by atoms with Gasteiger partial charge in [0.1, 0.15) is 10.6 Å². The molecule has 31 heavy (non-hydrogen) atoms. The number of aryl methyl sites for hydroxylation is 1. The first-order chi connectivity index (χ1) is 14.9. The normalized spacial score (nSPS) is 11.5. The average Bonchev–Trinajstić information content (AvgIpc) is 2.76. The molecule has 0 bridgehead atoms. The Labute approximate surface area is 187 Å². The van der Waals surface area contributed by atoms with Crippen LogP contribution in [-0.4, -0.2) is 33.4 Å². The molecular weight excluding hydrogens is 410 g/mol. The van der Waals surface area contributed by atoms with Gasteiger partial charge in [-0.2, -0.15) is 0 Å². The maximum Gasteiger partial charge on any atom is 0.321 e. The quantitative estimate of drug-likeness (QED) is 0.391. The van der Waals surface area contributed by atoms with Crippen molar-refractivity contribution in [3.8, 4) is 0 Å². The maximum atomic E-state index is 12.9. The molecule has 1 N–H and O–H groups in total. The van der Waals surface area contributed by atoms with Crippen molar-refractivity contribution in [1.82, 2.24) is 9.55 Å². The van der Waals surface area contributed by atoms with Crippen LogP contribution in [0.15, 0.2) is 58.2 Å². The molecule has 1 aromatic heterocycles. The number of benzene rings is 2. The number of aromatic nitrogens is 2. The van der Waals surface area contributed by atoms with Crippen LogP contribution in [0.3, 0.4) is 0 Å². The summed E-state index contributed by atoms with van der Waals surface area (Å²) in [5.41, 5.74) is 1.70. The number of carbonyl (C=O) groups is 1. The number of rotatable bonds is 9. The number of thioether (sulfide) groups is 1. The summed E-state index contributed by atoms with van der Waals surface area (Å²) in [5.74, 6) is 0.571. The minimum atomic E-state index is -0.647. The third-order valence-electron chi connectivity index (χ3n) is 4.92. The molecule has 164 valence electrons. The van der Waals surface area contributed by atoms with Gasteiger partial charge in [0, 0.05) is 30.1 Å². The molecule has 0 atom stereocenters. The van der Waals surface area contributed by atoms with E-state index in [1.54, 1.807) is 4.57 Å². The molecule has 6 nitrogen and oxygen atoms in total. The molecule has 0 fully saturated rings. The van der Waals surface area contributed by atoms with Crippen LogP contribution in [0.1, 0.15) is 33.5 Å². The molecule has 0 saturated heterocycles. The molecular formula is C24H29N3O3S. The van der Waals surface area contributed by atoms with E-state index in [2.05, 4.69) is 10.3 Å². The van der Waals surface area contributed by atoms with Gasteiger partial charge in [-0.05, 0) is 57.2 Å². The Morgan fingerprint density at radius 3 is 2.52 bits per heavy atom. The van der Waals surface area contributed by atoms with Gasteiger partial charge in [0.05, 0.1) is 17.5 Å². The number of ether oxygens (including phenoxy) is 1. The molecule has 7 heteroatoms. The van der Waals surface area contributed by atoms with Gasteiger partial charge in [0.25, 0.3) is 5.56 Å². The summed E-state index contributed by atoms with van der Waals surface area (Å²) in [6.45, 7) is 9.06. The van der Waals surface area contributed by atoms with E-state index >= 15 is 0 Å². The van der Waals surface area contributed by atoms with Crippen molar-refractivity contribution < 1.29 is 9.53 Å². The predicted molar refractivity (Wildman–Crippen MR) is 127 cm³/mol. The molecule has 3 aromatic rings. The highest BCUT2D eigenvalue weighted by Crippen LogP contribution is 2.34. The second-order valence-corrected chi connectivity index (χ2v) is 9.34. The van der Waals surface area contributed by atoms with Crippen LogP contribution >= 0.6 is 11.8 Å². The number of carbonyl (C=O) groups excluding carboxylic acids is 1. The van der Waals surface area contributed by atoms with E-state index in [4.69, 9.17) is 4.74 Å². The number of anilines is 1. The third kappa shape index (κ3) is 5.47. The Kier molecular flexibility index (Phi) is 7.38. The Balaban J connectivity index is 1.65. The van der Waals surface area contributed by atoms with Crippen LogP contribution in [0.4, 0.5) is 5.69 Å². The average molecular weight is 440 g/mol. The van der Waals surface area contributed by atoms with Crippen LogP contribution in [0.2, 0.25) is 0 Å². The number of nitrogens with zero attached hydrogens (tertiary/aromatic N) is 2. The molecule has 3 rings (SSSR count). The van der Waals surface area contributed by atoms with Crippen LogP contribution in [0, 0.1) is 0 Å². The van der Waals surface area contributed by atoms with Gasteiger partial charge in [-0.15, -0.1) is 11.8 Å². The number of hydrogen-bond donors (Lipinski definition) is 1. The largest absolute Gasteiger partial charge is 0.465 e. The van der Waals surface area contributed by atoms with Crippen molar-refractivity contribution >= 4 is 34.3 Å². The molecule has 2 aromatic carbocycles. The SMILES string of the molecule is CCOC(=O)C(C)(C)Sc1ccc(NCCn2c(CC)nc3ccccc3c2=O)cc1. The van der Waals surface area contributed by atoms with Gasteiger partial charge in [-0.1, -0.05) is 19.1 Å². The van der Waals surface area contributed by atoms with Gasteiger partial charge in [0.15, 0.2) is 0 Å². The van der Waals surface area contributed by atoms with Crippen molar-refractivity contribution in [2.45, 2.75) is 50.3 Å². The zero-order chi connectivity index (χ0) is 22.4. The van der Waals surface area contributed by atoms with E-state index in [0.29, 0.717) is 31.5 Å². The number of para-hydroxylation sites is 1. The Hall–Kier alpha value is -2.80. The van der Waals surface area contributed by atoms with E-state index in [0.717, 1.165) is 21.9 Å². The van der Waals surface area contributed by atoms with Crippen LogP contribution in [0.5, 0.6) is 0 Å². The lowest BCUT2D eigenvalue weighted by Gasteiger charge is -2.21. The summed E-state index contributed by atoms with van der Waals surface area (Å²) < 4.78 is 6.25. The zero-order valence-corrected chi connectivity index (χ0v) is 19.3. The smallest absolute Gasteiger partial charge is 0.321 e. The van der Waals surface area contributed by atoms with Gasteiger partial charge in [-0.25, -0.2) is 4.98 Å². The molecule has 0 aliphatic rings. The first-order valence-electron chi connectivity index (χ1n) is 10.5. The van der Waals surface area contributed by atoms with Crippen LogP contribution in [0.25, 0.3) is 10.9 Å². The van der Waals surface area contributed by atoms with Crippen molar-refractivity contribution in [3.63, 3.8) is 0 Å². The topological polar surface area (TPSA) is 73.2 Å². The Bertz CT molecular complexity index is 1110. The fraction of sp³-hybridized carbons (Fsp3) is 0.375. The highest BCUT2D eigenvalue weighted by Gasteiger charge is 2.30. The molecule has 0 aliphatic carbocycles. The fourth-order valence-electron chi connectivity index (χ4n) is 3.31. The lowest BCUT2D eigenvalue weighted by molar-refractivity contribution is -0.145. The number of hydrogen-bond acceptors (Lipinski definition) is 6. The lowest BCUT2D eigenvalue weighted by Crippen LogP contribution is -2.29. The van der Waals surface area contributed by atoms with Crippen molar-refractivity contribution in [2.75, 3.05) is 18.5 Å². The van der Waals surface area contributed by atoms with Crippen molar-refractivity contribution in [2.24, 2.45) is 0 Å². The summed E-state index contributed by atoms with van der Waals surface area (Å²) in [5, 5.41) is 4.01. The van der Waals surface area contributed by atoms with E-state index < -0.39 is 4.75 Å². The summed E-state index contributed by atoms with van der Waals surface area (Å²) in [6.07, 6.45) is 0.697. The minimum absolute atomic E-state index is 0.00260. The molecule has 0 spiro atoms. The predicted octanol–water partition coefficient (Wildman–Crippen LogP) is 4.50. The van der Waals surface area contributed by atoms with Crippen molar-refractivity contribution in [1.29, 1.82) is 0 Å². The minimum Gasteiger partial charge on any atom is -0.465 e. The monoisotopic (exact) mass is 439 g/mol. The lowest BCUT2D eigenvalue weighted by atomic mass is 10.2. The molecule has 0 radical (unpaired) electrons. The van der Waals surface area contributed by atoms with Crippen molar-refractivity contribution in [3.05, 3.63) is 64.7 Å². The molecule has 0 amide bonds. The highest BCUT2D eigenvalue weighted by molar-refractivity contribution is 8.01. The highest BCUT2D eigenvalue weighted by atomic mass is 32.2. The van der Waals surface area contributed by atoms with Gasteiger partial charge in [-0.3, -0.25) is 14.2 Å². The number of esters is 1. The Morgan fingerprint density at radius 2 is 1.84 bits per heavy atom. The molecule has 0 saturated carbocycles. The van der Waals surface area contributed by atoms with E-state index in [9.17, 15) is 9.59 Å². The standard InChI is InChI=1S/C24H29N3O3S/c1-5-21-26-20-10-8-7-9-19(20)22(28)27(21)16-15-25-17-11-13-18(14-12-17)31-24(3,4)23(29)30-6-2/h7-14,25H,5-6,15-16H2,1-4H3. The maximum absolute atomic E-state index is 12.9. The van der Waals surface area contributed by atoms with Crippen LogP contribution < -0.4 is 10.9 Å². The molecule has 1 heterocycles. The number of fused-ring (bicyclic) bond motifs is 1.